The first-order valence-electron chi connectivity index (χ1n) is 6.14. The lowest BCUT2D eigenvalue weighted by Gasteiger charge is -2.21. The third-order valence-electron chi connectivity index (χ3n) is 1.85. The number of carboxylic acids is 1. The molecular formula is C12H23NO4S2. The number of ether oxygens (including phenoxy) is 1. The molecule has 0 aliphatic rings. The van der Waals surface area contributed by atoms with Gasteiger partial charge in [-0.2, -0.15) is 23.5 Å². The van der Waals surface area contributed by atoms with Crippen LogP contribution in [0.1, 0.15) is 27.7 Å². The molecule has 0 aromatic rings. The summed E-state index contributed by atoms with van der Waals surface area (Å²) in [5.74, 6) is 2.22. The van der Waals surface area contributed by atoms with Crippen LogP contribution in [-0.2, 0) is 9.53 Å². The third-order valence-corrected chi connectivity index (χ3v) is 4.07. The molecule has 0 radical (unpaired) electrons. The van der Waals surface area contributed by atoms with Crippen molar-refractivity contribution in [1.29, 1.82) is 0 Å². The van der Waals surface area contributed by atoms with Crippen LogP contribution in [0.2, 0.25) is 0 Å². The molecular weight excluding hydrogens is 286 g/mol. The highest BCUT2D eigenvalue weighted by molar-refractivity contribution is 8.02. The number of hydrogen-bond donors (Lipinski definition) is 2. The molecule has 112 valence electrons. The fourth-order valence-electron chi connectivity index (χ4n) is 1.09. The molecule has 0 aromatic carbocycles. The number of thioether (sulfide) groups is 2. The predicted octanol–water partition coefficient (Wildman–Crippen LogP) is 2.45. The number of nitrogens with one attached hydrogen (secondary N) is 1. The monoisotopic (exact) mass is 309 g/mol. The molecule has 0 rings (SSSR count). The largest absolute Gasteiger partial charge is 0.480 e. The summed E-state index contributed by atoms with van der Waals surface area (Å²) in [6.07, 6.45) is -0.691. The van der Waals surface area contributed by atoms with E-state index in [1.54, 1.807) is 20.8 Å². The molecule has 0 saturated carbocycles. The number of hydrogen-bond acceptors (Lipinski definition) is 5. The van der Waals surface area contributed by atoms with Crippen molar-refractivity contribution in [3.8, 4) is 0 Å². The number of alkyl carbamates (subject to hydrolysis) is 1. The number of carbonyl (C=O) groups is 2. The molecule has 7 heteroatoms. The van der Waals surface area contributed by atoms with E-state index in [-0.39, 0.29) is 0 Å². The minimum absolute atomic E-state index is 0.346. The van der Waals surface area contributed by atoms with Gasteiger partial charge in [-0.3, -0.25) is 0 Å². The van der Waals surface area contributed by atoms with Crippen LogP contribution in [0.15, 0.2) is 0 Å². The minimum Gasteiger partial charge on any atom is -0.480 e. The molecule has 1 atom stereocenters. The molecule has 0 fully saturated rings. The summed E-state index contributed by atoms with van der Waals surface area (Å²) >= 11 is 3.33. The lowest BCUT2D eigenvalue weighted by Crippen LogP contribution is -2.45. The normalized spacial score (nSPS) is 12.8. The van der Waals surface area contributed by atoms with Gasteiger partial charge in [0.05, 0.1) is 0 Å². The fourth-order valence-corrected chi connectivity index (χ4v) is 2.95. The molecule has 0 aromatic heterocycles. The Bertz CT molecular complexity index is 292. The molecule has 0 spiro atoms. The average molecular weight is 309 g/mol. The summed E-state index contributed by atoms with van der Waals surface area (Å²) in [6, 6.07) is -0.911. The molecule has 5 nitrogen and oxygen atoms in total. The van der Waals surface area contributed by atoms with E-state index in [0.29, 0.717) is 5.75 Å². The van der Waals surface area contributed by atoms with E-state index in [9.17, 15) is 9.59 Å². The number of carbonyl (C=O) groups excluding carboxylic acids is 1. The topological polar surface area (TPSA) is 75.6 Å². The number of carboxylic acid groups (broad SMARTS) is 1. The van der Waals surface area contributed by atoms with Crippen molar-refractivity contribution >= 4 is 35.6 Å². The van der Waals surface area contributed by atoms with Crippen molar-refractivity contribution in [3.05, 3.63) is 0 Å². The van der Waals surface area contributed by atoms with Crippen molar-refractivity contribution in [2.24, 2.45) is 0 Å². The van der Waals surface area contributed by atoms with Gasteiger partial charge in [0, 0.05) is 17.3 Å². The molecule has 0 bridgehead atoms. The molecule has 0 aliphatic heterocycles. The lowest BCUT2D eigenvalue weighted by molar-refractivity contribution is -0.138. The zero-order valence-electron chi connectivity index (χ0n) is 11.9. The highest BCUT2D eigenvalue weighted by Crippen LogP contribution is 2.10. The minimum atomic E-state index is -1.04. The van der Waals surface area contributed by atoms with Crippen LogP contribution in [-0.4, -0.2) is 51.8 Å². The van der Waals surface area contributed by atoms with Crippen molar-refractivity contribution in [2.75, 3.05) is 23.0 Å². The fraction of sp³-hybridized carbons (Fsp3) is 0.833. The van der Waals surface area contributed by atoms with E-state index < -0.39 is 23.7 Å². The van der Waals surface area contributed by atoms with Gasteiger partial charge in [-0.15, -0.1) is 0 Å². The van der Waals surface area contributed by atoms with Crippen LogP contribution >= 0.6 is 23.5 Å². The van der Waals surface area contributed by atoms with Crippen LogP contribution in [0.25, 0.3) is 0 Å². The first-order valence-corrected chi connectivity index (χ1v) is 8.45. The van der Waals surface area contributed by atoms with Crippen molar-refractivity contribution in [2.45, 2.75) is 39.3 Å². The third kappa shape index (κ3) is 11.0. The van der Waals surface area contributed by atoms with Crippen LogP contribution in [0, 0.1) is 0 Å². The van der Waals surface area contributed by atoms with Gasteiger partial charge in [-0.1, -0.05) is 6.92 Å². The Morgan fingerprint density at radius 3 is 2.32 bits per heavy atom. The van der Waals surface area contributed by atoms with E-state index >= 15 is 0 Å². The van der Waals surface area contributed by atoms with Crippen molar-refractivity contribution in [1.82, 2.24) is 5.32 Å². The summed E-state index contributed by atoms with van der Waals surface area (Å²) in [6.45, 7) is 7.29. The Morgan fingerprint density at radius 1 is 1.26 bits per heavy atom. The maximum Gasteiger partial charge on any atom is 0.408 e. The summed E-state index contributed by atoms with van der Waals surface area (Å²) in [7, 11) is 0. The van der Waals surface area contributed by atoms with Gasteiger partial charge < -0.3 is 15.2 Å². The second kappa shape index (κ2) is 9.36. The predicted molar refractivity (Wildman–Crippen MR) is 81.1 cm³/mol. The standard InChI is InChI=1S/C12H23NO4S2/c1-5-18-6-7-19-8-9(10(14)15)13-11(16)17-12(2,3)4/h9H,5-8H2,1-4H3,(H,13,16)(H,14,15). The molecule has 2 N–H and O–H groups in total. The molecule has 1 amide bonds. The Hall–Kier alpha value is -0.560. The quantitative estimate of drug-likeness (QED) is 0.671. The first-order chi connectivity index (χ1) is 8.76. The molecule has 0 aliphatic carbocycles. The zero-order valence-corrected chi connectivity index (χ0v) is 13.5. The van der Waals surface area contributed by atoms with Gasteiger partial charge in [0.25, 0.3) is 0 Å². The second-order valence-corrected chi connectivity index (χ2v) is 7.35. The number of rotatable bonds is 8. The van der Waals surface area contributed by atoms with Crippen LogP contribution in [0.3, 0.4) is 0 Å². The summed E-state index contributed by atoms with van der Waals surface area (Å²) in [4.78, 5) is 22.5. The molecule has 1 unspecified atom stereocenters. The van der Waals surface area contributed by atoms with E-state index in [1.165, 1.54) is 11.8 Å². The van der Waals surface area contributed by atoms with E-state index in [4.69, 9.17) is 9.84 Å². The summed E-state index contributed by atoms with van der Waals surface area (Å²) in [5, 5.41) is 11.4. The van der Waals surface area contributed by atoms with Crippen LogP contribution in [0.4, 0.5) is 4.79 Å². The Labute approximate surface area is 123 Å². The average Bonchev–Trinajstić information content (AvgIpc) is 2.24. The number of amides is 1. The van der Waals surface area contributed by atoms with E-state index in [2.05, 4.69) is 12.2 Å². The second-order valence-electron chi connectivity index (χ2n) is 4.81. The van der Waals surface area contributed by atoms with Gasteiger partial charge in [0.2, 0.25) is 0 Å². The van der Waals surface area contributed by atoms with Gasteiger partial charge in [0.15, 0.2) is 0 Å². The maximum absolute atomic E-state index is 11.5. The first kappa shape index (κ1) is 18.4. The van der Waals surface area contributed by atoms with Crippen molar-refractivity contribution < 1.29 is 19.4 Å². The van der Waals surface area contributed by atoms with Gasteiger partial charge >= 0.3 is 12.1 Å². The highest BCUT2D eigenvalue weighted by Gasteiger charge is 2.23. The smallest absolute Gasteiger partial charge is 0.408 e. The van der Waals surface area contributed by atoms with Crippen LogP contribution < -0.4 is 5.32 Å². The summed E-state index contributed by atoms with van der Waals surface area (Å²) in [5.41, 5.74) is -0.627. The van der Waals surface area contributed by atoms with E-state index in [1.807, 2.05) is 11.8 Å². The Morgan fingerprint density at radius 2 is 1.84 bits per heavy atom. The van der Waals surface area contributed by atoms with Gasteiger partial charge in [-0.25, -0.2) is 9.59 Å². The molecule has 0 heterocycles. The van der Waals surface area contributed by atoms with Gasteiger partial charge in [0.1, 0.15) is 11.6 Å². The maximum atomic E-state index is 11.5. The lowest BCUT2D eigenvalue weighted by atomic mass is 10.2. The Balaban J connectivity index is 4.05. The highest BCUT2D eigenvalue weighted by atomic mass is 32.2. The van der Waals surface area contributed by atoms with Gasteiger partial charge in [-0.05, 0) is 26.5 Å². The van der Waals surface area contributed by atoms with Crippen LogP contribution in [0.5, 0.6) is 0 Å². The summed E-state index contributed by atoms with van der Waals surface area (Å²) < 4.78 is 5.04. The van der Waals surface area contributed by atoms with Crippen molar-refractivity contribution in [3.63, 3.8) is 0 Å². The zero-order chi connectivity index (χ0) is 14.9. The van der Waals surface area contributed by atoms with E-state index in [0.717, 1.165) is 17.3 Å². The Kier molecular flexibility index (Phi) is 9.08. The number of aliphatic carboxylic acids is 1. The molecule has 0 saturated heterocycles. The SMILES string of the molecule is CCSCCSCC(NC(=O)OC(C)(C)C)C(=O)O. The molecule has 19 heavy (non-hydrogen) atoms.